The molecule has 0 radical (unpaired) electrons. The summed E-state index contributed by atoms with van der Waals surface area (Å²) in [5.74, 6) is 0.729. The quantitative estimate of drug-likeness (QED) is 0.328. The minimum Gasteiger partial charge on any atom is -0.351 e. The number of benzene rings is 3. The highest BCUT2D eigenvalue weighted by Gasteiger charge is 2.20. The Morgan fingerprint density at radius 1 is 0.970 bits per heavy atom. The van der Waals surface area contributed by atoms with Gasteiger partial charge in [-0.15, -0.1) is 10.2 Å². The van der Waals surface area contributed by atoms with Crippen LogP contribution >= 0.6 is 23.4 Å². The average Bonchev–Trinajstić information content (AvgIpc) is 3.47. The molecular formula is C24H19ClN6OS. The lowest BCUT2D eigenvalue weighted by Gasteiger charge is -2.09. The van der Waals surface area contributed by atoms with Crippen molar-refractivity contribution in [3.8, 4) is 17.2 Å². The van der Waals surface area contributed by atoms with E-state index < -0.39 is 0 Å². The molecule has 2 aromatic heterocycles. The molecule has 0 unspecified atom stereocenters. The number of para-hydroxylation sites is 2. The fourth-order valence-electron chi connectivity index (χ4n) is 3.44. The highest BCUT2D eigenvalue weighted by molar-refractivity contribution is 7.99. The van der Waals surface area contributed by atoms with Gasteiger partial charge in [-0.2, -0.15) is 5.10 Å². The summed E-state index contributed by atoms with van der Waals surface area (Å²) < 4.78 is 1.93. The SMILES string of the molecule is O=C(CSc1nnc(-c2n[nH]c3ccccc23)n1-c1ccccc1)NCc1ccc(Cl)cc1. The molecule has 5 aromatic rings. The molecule has 0 aliphatic heterocycles. The second-order valence-corrected chi connectivity index (χ2v) is 8.67. The molecule has 5 rings (SSSR count). The van der Waals surface area contributed by atoms with Gasteiger partial charge in [0.05, 0.1) is 11.3 Å². The van der Waals surface area contributed by atoms with E-state index in [1.165, 1.54) is 11.8 Å². The van der Waals surface area contributed by atoms with Crippen LogP contribution in [-0.4, -0.2) is 36.6 Å². The number of hydrogen-bond donors (Lipinski definition) is 2. The first-order chi connectivity index (χ1) is 16.2. The van der Waals surface area contributed by atoms with Crippen molar-refractivity contribution in [1.82, 2.24) is 30.3 Å². The van der Waals surface area contributed by atoms with E-state index in [-0.39, 0.29) is 11.7 Å². The van der Waals surface area contributed by atoms with Gasteiger partial charge in [0.25, 0.3) is 0 Å². The smallest absolute Gasteiger partial charge is 0.230 e. The Labute approximate surface area is 199 Å². The third-order valence-corrected chi connectivity index (χ3v) is 6.25. The van der Waals surface area contributed by atoms with Crippen LogP contribution in [0.25, 0.3) is 28.1 Å². The lowest BCUT2D eigenvalue weighted by molar-refractivity contribution is -0.118. The van der Waals surface area contributed by atoms with Crippen LogP contribution in [0.4, 0.5) is 0 Å². The first kappa shape index (κ1) is 21.2. The zero-order valence-corrected chi connectivity index (χ0v) is 19.0. The van der Waals surface area contributed by atoms with E-state index in [1.54, 1.807) is 12.1 Å². The molecule has 0 spiro atoms. The van der Waals surface area contributed by atoms with E-state index in [1.807, 2.05) is 71.3 Å². The van der Waals surface area contributed by atoms with Crippen LogP contribution in [-0.2, 0) is 11.3 Å². The number of thioether (sulfide) groups is 1. The molecule has 0 fully saturated rings. The summed E-state index contributed by atoms with van der Waals surface area (Å²) in [6, 6.07) is 25.1. The lowest BCUT2D eigenvalue weighted by atomic mass is 10.2. The number of hydrogen-bond acceptors (Lipinski definition) is 5. The molecule has 164 valence electrons. The Kier molecular flexibility index (Phi) is 6.10. The fraction of sp³-hybridized carbons (Fsp3) is 0.0833. The van der Waals surface area contributed by atoms with Gasteiger partial charge in [0.2, 0.25) is 5.91 Å². The molecule has 1 amide bonds. The van der Waals surface area contributed by atoms with E-state index in [2.05, 4.69) is 25.7 Å². The highest BCUT2D eigenvalue weighted by atomic mass is 35.5. The van der Waals surface area contributed by atoms with Gasteiger partial charge in [-0.25, -0.2) is 0 Å². The van der Waals surface area contributed by atoms with Crippen molar-refractivity contribution in [2.45, 2.75) is 11.7 Å². The minimum absolute atomic E-state index is 0.0932. The number of amides is 1. The Balaban J connectivity index is 1.38. The van der Waals surface area contributed by atoms with Crippen molar-refractivity contribution in [2.75, 3.05) is 5.75 Å². The lowest BCUT2D eigenvalue weighted by Crippen LogP contribution is -2.24. The van der Waals surface area contributed by atoms with Crippen molar-refractivity contribution < 1.29 is 4.79 Å². The first-order valence-electron chi connectivity index (χ1n) is 10.3. The number of aromatic nitrogens is 5. The molecule has 0 atom stereocenters. The summed E-state index contributed by atoms with van der Waals surface area (Å²) in [6.07, 6.45) is 0. The number of carbonyl (C=O) groups excluding carboxylic acids is 1. The third-order valence-electron chi connectivity index (χ3n) is 5.07. The number of nitrogens with zero attached hydrogens (tertiary/aromatic N) is 4. The van der Waals surface area contributed by atoms with Gasteiger partial charge in [-0.05, 0) is 35.9 Å². The third kappa shape index (κ3) is 4.62. The monoisotopic (exact) mass is 474 g/mol. The summed E-state index contributed by atoms with van der Waals surface area (Å²) in [6.45, 7) is 0.437. The van der Waals surface area contributed by atoms with E-state index in [0.29, 0.717) is 28.2 Å². The Morgan fingerprint density at radius 2 is 1.73 bits per heavy atom. The fourth-order valence-corrected chi connectivity index (χ4v) is 4.35. The van der Waals surface area contributed by atoms with Gasteiger partial charge < -0.3 is 5.32 Å². The van der Waals surface area contributed by atoms with Crippen LogP contribution in [0.3, 0.4) is 0 Å². The topological polar surface area (TPSA) is 88.5 Å². The average molecular weight is 475 g/mol. The second-order valence-electron chi connectivity index (χ2n) is 7.29. The molecule has 0 saturated heterocycles. The molecule has 0 bridgehead atoms. The Hall–Kier alpha value is -3.62. The molecule has 2 N–H and O–H groups in total. The first-order valence-corrected chi connectivity index (χ1v) is 11.6. The minimum atomic E-state index is -0.0932. The normalized spacial score (nSPS) is 11.1. The molecule has 33 heavy (non-hydrogen) atoms. The Morgan fingerprint density at radius 3 is 2.55 bits per heavy atom. The maximum Gasteiger partial charge on any atom is 0.230 e. The molecule has 0 saturated carbocycles. The standard InChI is InChI=1S/C24H19ClN6OS/c25-17-12-10-16(11-13-17)14-26-21(32)15-33-24-30-29-23(31(24)18-6-2-1-3-7-18)22-19-8-4-5-9-20(19)27-28-22/h1-13H,14-15H2,(H,26,32)(H,27,28). The van der Waals surface area contributed by atoms with Crippen LogP contribution in [0, 0.1) is 0 Å². The maximum atomic E-state index is 12.5. The molecule has 0 aliphatic carbocycles. The number of carbonyl (C=O) groups is 1. The number of rotatable bonds is 7. The molecule has 2 heterocycles. The van der Waals surface area contributed by atoms with Gasteiger partial charge in [0, 0.05) is 22.6 Å². The van der Waals surface area contributed by atoms with Crippen LogP contribution in [0.1, 0.15) is 5.56 Å². The van der Waals surface area contributed by atoms with Gasteiger partial charge in [-0.1, -0.05) is 71.9 Å². The summed E-state index contributed by atoms with van der Waals surface area (Å²) in [5.41, 5.74) is 3.51. The number of H-pyrrole nitrogens is 1. The molecule has 3 aromatic carbocycles. The number of halogens is 1. The molecule has 9 heteroatoms. The van der Waals surface area contributed by atoms with Gasteiger partial charge in [0.15, 0.2) is 11.0 Å². The van der Waals surface area contributed by atoms with Crippen LogP contribution < -0.4 is 5.32 Å². The zero-order chi connectivity index (χ0) is 22.6. The molecule has 0 aliphatic rings. The predicted octanol–water partition coefficient (Wildman–Crippen LogP) is 4.87. The van der Waals surface area contributed by atoms with Crippen molar-refractivity contribution in [3.05, 3.63) is 89.4 Å². The summed E-state index contributed by atoms with van der Waals surface area (Å²) in [4.78, 5) is 12.5. The second kappa shape index (κ2) is 9.48. The maximum absolute atomic E-state index is 12.5. The predicted molar refractivity (Wildman–Crippen MR) is 130 cm³/mol. The number of fused-ring (bicyclic) bond motifs is 1. The molecular weight excluding hydrogens is 456 g/mol. The van der Waals surface area contributed by atoms with Crippen molar-refractivity contribution >= 4 is 40.2 Å². The van der Waals surface area contributed by atoms with Crippen LogP contribution in [0.5, 0.6) is 0 Å². The summed E-state index contributed by atoms with van der Waals surface area (Å²) in [7, 11) is 0. The summed E-state index contributed by atoms with van der Waals surface area (Å²) in [5, 5.41) is 21.5. The van der Waals surface area contributed by atoms with Crippen molar-refractivity contribution in [2.24, 2.45) is 0 Å². The number of nitrogens with one attached hydrogen (secondary N) is 2. The van der Waals surface area contributed by atoms with E-state index in [4.69, 9.17) is 11.6 Å². The van der Waals surface area contributed by atoms with E-state index >= 15 is 0 Å². The van der Waals surface area contributed by atoms with Crippen LogP contribution in [0.15, 0.2) is 84.0 Å². The van der Waals surface area contributed by atoms with Gasteiger partial charge in [0.1, 0.15) is 5.69 Å². The van der Waals surface area contributed by atoms with Gasteiger partial charge >= 0.3 is 0 Å². The largest absolute Gasteiger partial charge is 0.351 e. The number of aromatic amines is 1. The van der Waals surface area contributed by atoms with Gasteiger partial charge in [-0.3, -0.25) is 14.5 Å². The highest BCUT2D eigenvalue weighted by Crippen LogP contribution is 2.30. The van der Waals surface area contributed by atoms with Crippen LogP contribution in [0.2, 0.25) is 5.02 Å². The van der Waals surface area contributed by atoms with Crippen molar-refractivity contribution in [3.63, 3.8) is 0 Å². The summed E-state index contributed by atoms with van der Waals surface area (Å²) >= 11 is 7.25. The van der Waals surface area contributed by atoms with E-state index in [9.17, 15) is 4.79 Å². The van der Waals surface area contributed by atoms with E-state index in [0.717, 1.165) is 22.2 Å². The Bertz CT molecular complexity index is 1400. The zero-order valence-electron chi connectivity index (χ0n) is 17.4. The molecule has 7 nitrogen and oxygen atoms in total. The van der Waals surface area contributed by atoms with Crippen molar-refractivity contribution in [1.29, 1.82) is 0 Å².